The Labute approximate surface area is 112 Å². The molecule has 1 saturated carbocycles. The number of benzene rings is 1. The summed E-state index contributed by atoms with van der Waals surface area (Å²) in [5.74, 6) is 1.42. The van der Waals surface area contributed by atoms with Crippen molar-refractivity contribution in [3.63, 3.8) is 0 Å². The predicted octanol–water partition coefficient (Wildman–Crippen LogP) is 2.97. The number of hydrogen-bond donors (Lipinski definition) is 1. The molecule has 18 heavy (non-hydrogen) atoms. The molecule has 0 aromatic heterocycles. The summed E-state index contributed by atoms with van der Waals surface area (Å²) in [6, 6.07) is 8.18. The summed E-state index contributed by atoms with van der Waals surface area (Å²) in [6.45, 7) is 2.83. The molecule has 3 heteroatoms. The Morgan fingerprint density at radius 3 is 2.83 bits per heavy atom. The second-order valence-electron chi connectivity index (χ2n) is 5.44. The number of hydrogen-bond acceptors (Lipinski definition) is 2. The summed E-state index contributed by atoms with van der Waals surface area (Å²) < 4.78 is 12.4. The van der Waals surface area contributed by atoms with Gasteiger partial charge in [0.25, 0.3) is 0 Å². The molecule has 3 unspecified atom stereocenters. The van der Waals surface area contributed by atoms with Crippen molar-refractivity contribution in [2.75, 3.05) is 0 Å². The van der Waals surface area contributed by atoms with Crippen LogP contribution in [0.3, 0.4) is 0 Å². The lowest BCUT2D eigenvalue weighted by molar-refractivity contribution is 0.389. The van der Waals surface area contributed by atoms with Crippen LogP contribution in [0.25, 0.3) is 0 Å². The molecular weight excluding hydrogens is 242 g/mol. The van der Waals surface area contributed by atoms with Crippen LogP contribution in [0.1, 0.15) is 43.7 Å². The Morgan fingerprint density at radius 1 is 1.33 bits per heavy atom. The molecule has 0 aliphatic heterocycles. The number of rotatable bonds is 4. The zero-order valence-corrected chi connectivity index (χ0v) is 11.9. The average Bonchev–Trinajstić information content (AvgIpc) is 2.39. The lowest BCUT2D eigenvalue weighted by atomic mass is 9.91. The minimum atomic E-state index is -0.729. The predicted molar refractivity (Wildman–Crippen MR) is 77.6 cm³/mol. The number of nitrogens with two attached hydrogens (primary N) is 1. The van der Waals surface area contributed by atoms with E-state index in [4.69, 9.17) is 5.73 Å². The van der Waals surface area contributed by atoms with Crippen molar-refractivity contribution in [3.05, 3.63) is 35.4 Å². The molecule has 3 atom stereocenters. The van der Waals surface area contributed by atoms with Gasteiger partial charge in [-0.2, -0.15) is 0 Å². The molecule has 2 rings (SSSR count). The highest BCUT2D eigenvalue weighted by Gasteiger charge is 2.23. The van der Waals surface area contributed by atoms with Gasteiger partial charge in [0, 0.05) is 28.3 Å². The van der Waals surface area contributed by atoms with E-state index in [2.05, 4.69) is 19.1 Å². The fourth-order valence-corrected chi connectivity index (χ4v) is 4.46. The first kappa shape index (κ1) is 13.8. The summed E-state index contributed by atoms with van der Waals surface area (Å²) in [7, 11) is -0.729. The third-order valence-corrected chi connectivity index (χ3v) is 5.59. The van der Waals surface area contributed by atoms with Crippen LogP contribution in [-0.2, 0) is 23.1 Å². The van der Waals surface area contributed by atoms with Gasteiger partial charge in [-0.3, -0.25) is 4.21 Å². The van der Waals surface area contributed by atoms with Gasteiger partial charge in [-0.1, -0.05) is 44.0 Å². The molecule has 100 valence electrons. The molecule has 0 heterocycles. The van der Waals surface area contributed by atoms with Crippen LogP contribution in [0.15, 0.2) is 24.3 Å². The third-order valence-electron chi connectivity index (χ3n) is 3.80. The lowest BCUT2D eigenvalue weighted by Crippen LogP contribution is -2.24. The van der Waals surface area contributed by atoms with Crippen LogP contribution < -0.4 is 5.73 Å². The van der Waals surface area contributed by atoms with Gasteiger partial charge in [-0.25, -0.2) is 0 Å². The molecule has 1 aromatic rings. The van der Waals surface area contributed by atoms with E-state index in [0.29, 0.717) is 17.5 Å². The van der Waals surface area contributed by atoms with Gasteiger partial charge in [0.05, 0.1) is 0 Å². The standard InChI is InChI=1S/C15H23NOS/c1-12-4-2-7-15(8-12)18(17)11-14-6-3-5-13(9-14)10-16/h3,5-6,9,12,15H,2,4,7-8,10-11,16H2,1H3. The fraction of sp³-hybridized carbons (Fsp3) is 0.600. The molecule has 1 fully saturated rings. The monoisotopic (exact) mass is 265 g/mol. The highest BCUT2D eigenvalue weighted by Crippen LogP contribution is 2.28. The van der Waals surface area contributed by atoms with Gasteiger partial charge >= 0.3 is 0 Å². The van der Waals surface area contributed by atoms with Crippen molar-refractivity contribution in [3.8, 4) is 0 Å². The molecule has 2 nitrogen and oxygen atoms in total. The largest absolute Gasteiger partial charge is 0.326 e. The first-order chi connectivity index (χ1) is 8.69. The van der Waals surface area contributed by atoms with Gasteiger partial charge in [-0.05, 0) is 29.9 Å². The molecule has 0 radical (unpaired) electrons. The maximum absolute atomic E-state index is 12.4. The van der Waals surface area contributed by atoms with Crippen LogP contribution in [0.2, 0.25) is 0 Å². The van der Waals surface area contributed by atoms with Crippen LogP contribution in [-0.4, -0.2) is 9.46 Å². The minimum Gasteiger partial charge on any atom is -0.326 e. The van der Waals surface area contributed by atoms with Gasteiger partial charge in [0.1, 0.15) is 0 Å². The van der Waals surface area contributed by atoms with E-state index in [-0.39, 0.29) is 0 Å². The van der Waals surface area contributed by atoms with Crippen molar-refractivity contribution in [2.24, 2.45) is 11.7 Å². The molecule has 0 bridgehead atoms. The van der Waals surface area contributed by atoms with E-state index < -0.39 is 10.8 Å². The summed E-state index contributed by atoms with van der Waals surface area (Å²) in [6.07, 6.45) is 4.80. The van der Waals surface area contributed by atoms with Crippen molar-refractivity contribution >= 4 is 10.8 Å². The average molecular weight is 265 g/mol. The highest BCUT2D eigenvalue weighted by atomic mass is 32.2. The fourth-order valence-electron chi connectivity index (χ4n) is 2.75. The van der Waals surface area contributed by atoms with Gasteiger partial charge in [0.15, 0.2) is 0 Å². The molecule has 0 spiro atoms. The van der Waals surface area contributed by atoms with E-state index in [1.807, 2.05) is 12.1 Å². The smallest absolute Gasteiger partial charge is 0.0488 e. The Morgan fingerprint density at radius 2 is 2.11 bits per heavy atom. The topological polar surface area (TPSA) is 43.1 Å². The SMILES string of the molecule is CC1CCCC(S(=O)Cc2cccc(CN)c2)C1. The molecule has 1 aromatic carbocycles. The Kier molecular flexibility index (Phi) is 4.95. The zero-order valence-electron chi connectivity index (χ0n) is 11.1. The normalized spacial score (nSPS) is 25.9. The first-order valence-corrected chi connectivity index (χ1v) is 8.22. The quantitative estimate of drug-likeness (QED) is 0.909. The van der Waals surface area contributed by atoms with Gasteiger partial charge in [0.2, 0.25) is 0 Å². The summed E-state index contributed by atoms with van der Waals surface area (Å²) in [5, 5.41) is 0.398. The minimum absolute atomic E-state index is 0.398. The summed E-state index contributed by atoms with van der Waals surface area (Å²) in [5.41, 5.74) is 7.92. The van der Waals surface area contributed by atoms with Crippen LogP contribution >= 0.6 is 0 Å². The van der Waals surface area contributed by atoms with E-state index in [9.17, 15) is 4.21 Å². The lowest BCUT2D eigenvalue weighted by Gasteiger charge is -2.26. The summed E-state index contributed by atoms with van der Waals surface area (Å²) in [4.78, 5) is 0. The van der Waals surface area contributed by atoms with Gasteiger partial charge in [-0.15, -0.1) is 0 Å². The molecule has 1 aliphatic rings. The van der Waals surface area contributed by atoms with Crippen LogP contribution in [0.4, 0.5) is 0 Å². The van der Waals surface area contributed by atoms with Crippen LogP contribution in [0, 0.1) is 5.92 Å². The van der Waals surface area contributed by atoms with Crippen LogP contribution in [0.5, 0.6) is 0 Å². The van der Waals surface area contributed by atoms with E-state index in [1.165, 1.54) is 12.8 Å². The van der Waals surface area contributed by atoms with Crippen molar-refractivity contribution < 1.29 is 4.21 Å². The van der Waals surface area contributed by atoms with Gasteiger partial charge < -0.3 is 5.73 Å². The third kappa shape index (κ3) is 3.66. The molecular formula is C15H23NOS. The summed E-state index contributed by atoms with van der Waals surface area (Å²) >= 11 is 0. The Bertz CT molecular complexity index is 419. The maximum Gasteiger partial charge on any atom is 0.0488 e. The van der Waals surface area contributed by atoms with Crippen molar-refractivity contribution in [2.45, 2.75) is 50.2 Å². The highest BCUT2D eigenvalue weighted by molar-refractivity contribution is 7.84. The maximum atomic E-state index is 12.4. The first-order valence-electron chi connectivity index (χ1n) is 6.84. The van der Waals surface area contributed by atoms with E-state index in [1.54, 1.807) is 0 Å². The van der Waals surface area contributed by atoms with E-state index >= 15 is 0 Å². The van der Waals surface area contributed by atoms with Crippen molar-refractivity contribution in [1.29, 1.82) is 0 Å². The second-order valence-corrected chi connectivity index (χ2v) is 7.16. The zero-order chi connectivity index (χ0) is 13.0. The Hall–Kier alpha value is -0.670. The molecule has 0 amide bonds. The Balaban J connectivity index is 1.97. The van der Waals surface area contributed by atoms with Crippen molar-refractivity contribution in [1.82, 2.24) is 0 Å². The second kappa shape index (κ2) is 6.48. The molecule has 1 aliphatic carbocycles. The molecule has 0 saturated heterocycles. The molecule has 2 N–H and O–H groups in total. The van der Waals surface area contributed by atoms with E-state index in [0.717, 1.165) is 29.9 Å².